The van der Waals surface area contributed by atoms with E-state index in [0.717, 1.165) is 31.1 Å². The van der Waals surface area contributed by atoms with Gasteiger partial charge in [0.05, 0.1) is 17.7 Å². The second-order valence-corrected chi connectivity index (χ2v) is 6.66. The van der Waals surface area contributed by atoms with Crippen LogP contribution in [0.3, 0.4) is 0 Å². The highest BCUT2D eigenvalue weighted by atomic mass is 32.1. The zero-order chi connectivity index (χ0) is 12.0. The van der Waals surface area contributed by atoms with Gasteiger partial charge in [-0.05, 0) is 31.1 Å². The molecule has 0 spiro atoms. The summed E-state index contributed by atoms with van der Waals surface area (Å²) in [6.07, 6.45) is 3.38. The lowest BCUT2D eigenvalue weighted by Gasteiger charge is -2.23. The van der Waals surface area contributed by atoms with Crippen molar-refractivity contribution in [2.24, 2.45) is 11.3 Å². The molecule has 3 nitrogen and oxygen atoms in total. The number of aryl methyl sites for hydroxylation is 1. The minimum absolute atomic E-state index is 0.246. The SMILES string of the molecule is Cc1ncsc1CN1C[C@](C)(C2CC2)CC1=O. The molecule has 0 bridgehead atoms. The Morgan fingerprint density at radius 2 is 2.35 bits per heavy atom. The molecule has 0 unspecified atom stereocenters. The fourth-order valence-electron chi connectivity index (χ4n) is 2.89. The van der Waals surface area contributed by atoms with Crippen LogP contribution in [0.4, 0.5) is 0 Å². The highest BCUT2D eigenvalue weighted by Gasteiger charge is 2.49. The summed E-state index contributed by atoms with van der Waals surface area (Å²) in [5.41, 5.74) is 3.18. The Morgan fingerprint density at radius 3 is 2.94 bits per heavy atom. The van der Waals surface area contributed by atoms with Crippen molar-refractivity contribution in [1.82, 2.24) is 9.88 Å². The Morgan fingerprint density at radius 1 is 1.59 bits per heavy atom. The first-order valence-corrected chi connectivity index (χ1v) is 7.13. The molecule has 1 amide bonds. The molecule has 1 saturated heterocycles. The molecule has 3 rings (SSSR count). The van der Waals surface area contributed by atoms with E-state index in [4.69, 9.17) is 0 Å². The van der Waals surface area contributed by atoms with Gasteiger partial charge < -0.3 is 4.90 Å². The molecule has 1 saturated carbocycles. The van der Waals surface area contributed by atoms with Crippen LogP contribution in [0.5, 0.6) is 0 Å². The molecule has 2 heterocycles. The third-order valence-electron chi connectivity index (χ3n) is 4.20. The summed E-state index contributed by atoms with van der Waals surface area (Å²) in [4.78, 5) is 19.6. The maximum absolute atomic E-state index is 12.1. The molecule has 4 heteroatoms. The van der Waals surface area contributed by atoms with Crippen molar-refractivity contribution >= 4 is 17.2 Å². The van der Waals surface area contributed by atoms with Gasteiger partial charge in [0.2, 0.25) is 5.91 Å². The quantitative estimate of drug-likeness (QED) is 0.826. The number of nitrogens with zero attached hydrogens (tertiary/aromatic N) is 2. The predicted octanol–water partition coefficient (Wildman–Crippen LogP) is 2.60. The van der Waals surface area contributed by atoms with Gasteiger partial charge in [0.15, 0.2) is 0 Å². The summed E-state index contributed by atoms with van der Waals surface area (Å²) in [6, 6.07) is 0. The van der Waals surface area contributed by atoms with Crippen LogP contribution in [-0.2, 0) is 11.3 Å². The number of hydrogen-bond donors (Lipinski definition) is 0. The molecule has 1 atom stereocenters. The van der Waals surface area contributed by atoms with Crippen molar-refractivity contribution in [2.45, 2.75) is 39.7 Å². The maximum atomic E-state index is 12.1. The van der Waals surface area contributed by atoms with Gasteiger partial charge in [-0.25, -0.2) is 4.98 Å². The van der Waals surface area contributed by atoms with Gasteiger partial charge in [-0.1, -0.05) is 6.92 Å². The number of aromatic nitrogens is 1. The molecular weight excluding hydrogens is 232 g/mol. The summed E-state index contributed by atoms with van der Waals surface area (Å²) < 4.78 is 0. The first-order chi connectivity index (χ1) is 8.08. The van der Waals surface area contributed by atoms with Crippen molar-refractivity contribution in [3.63, 3.8) is 0 Å². The lowest BCUT2D eigenvalue weighted by Crippen LogP contribution is -2.27. The van der Waals surface area contributed by atoms with E-state index in [9.17, 15) is 4.79 Å². The highest BCUT2D eigenvalue weighted by molar-refractivity contribution is 7.09. The van der Waals surface area contributed by atoms with Gasteiger partial charge in [0.1, 0.15) is 0 Å². The normalized spacial score (nSPS) is 29.1. The van der Waals surface area contributed by atoms with Crippen molar-refractivity contribution in [1.29, 1.82) is 0 Å². The molecule has 2 aliphatic rings. The Kier molecular flexibility index (Phi) is 2.51. The first kappa shape index (κ1) is 11.2. The summed E-state index contributed by atoms with van der Waals surface area (Å²) in [6.45, 7) is 6.00. The monoisotopic (exact) mass is 250 g/mol. The molecule has 92 valence electrons. The fraction of sp³-hybridized carbons (Fsp3) is 0.692. The van der Waals surface area contributed by atoms with E-state index >= 15 is 0 Å². The standard InChI is InChI=1S/C13H18N2OS/c1-9-11(17-8-14-9)6-15-7-13(2,5-12(15)16)10-3-4-10/h8,10H,3-7H2,1-2H3/t13-/m1/s1. The molecule has 0 radical (unpaired) electrons. The van der Waals surface area contributed by atoms with Gasteiger partial charge in [0.25, 0.3) is 0 Å². The molecule has 0 N–H and O–H groups in total. The van der Waals surface area contributed by atoms with E-state index in [1.807, 2.05) is 17.3 Å². The topological polar surface area (TPSA) is 33.2 Å². The van der Waals surface area contributed by atoms with E-state index in [1.165, 1.54) is 17.7 Å². The second-order valence-electron chi connectivity index (χ2n) is 5.72. The first-order valence-electron chi connectivity index (χ1n) is 6.25. The number of carbonyl (C=O) groups excluding carboxylic acids is 1. The van der Waals surface area contributed by atoms with Gasteiger partial charge in [-0.15, -0.1) is 11.3 Å². The van der Waals surface area contributed by atoms with Crippen LogP contribution in [-0.4, -0.2) is 22.3 Å². The Labute approximate surface area is 106 Å². The van der Waals surface area contributed by atoms with Crippen LogP contribution in [0.2, 0.25) is 0 Å². The van der Waals surface area contributed by atoms with Crippen molar-refractivity contribution in [2.75, 3.05) is 6.54 Å². The molecule has 2 fully saturated rings. The Balaban J connectivity index is 1.72. The highest BCUT2D eigenvalue weighted by Crippen LogP contribution is 2.51. The number of thiazole rings is 1. The molecule has 17 heavy (non-hydrogen) atoms. The van der Waals surface area contributed by atoms with E-state index in [-0.39, 0.29) is 5.41 Å². The zero-order valence-corrected chi connectivity index (χ0v) is 11.2. The maximum Gasteiger partial charge on any atom is 0.223 e. The summed E-state index contributed by atoms with van der Waals surface area (Å²) in [5.74, 6) is 1.12. The third-order valence-corrected chi connectivity index (χ3v) is 5.12. The molecule has 0 aromatic carbocycles. The van der Waals surface area contributed by atoms with Crippen LogP contribution in [0, 0.1) is 18.3 Å². The number of hydrogen-bond acceptors (Lipinski definition) is 3. The minimum atomic E-state index is 0.246. The smallest absolute Gasteiger partial charge is 0.223 e. The summed E-state index contributed by atoms with van der Waals surface area (Å²) >= 11 is 1.66. The van der Waals surface area contributed by atoms with Crippen LogP contribution < -0.4 is 0 Å². The fourth-order valence-corrected chi connectivity index (χ4v) is 3.68. The average molecular weight is 250 g/mol. The number of carbonyl (C=O) groups is 1. The Bertz CT molecular complexity index is 452. The van der Waals surface area contributed by atoms with E-state index in [0.29, 0.717) is 5.91 Å². The molecule has 1 aromatic heterocycles. The molecular formula is C13H18N2OS. The number of likely N-dealkylation sites (tertiary alicyclic amines) is 1. The second kappa shape index (κ2) is 3.80. The van der Waals surface area contributed by atoms with Gasteiger partial charge in [0, 0.05) is 17.8 Å². The van der Waals surface area contributed by atoms with Crippen LogP contribution in [0.15, 0.2) is 5.51 Å². The van der Waals surface area contributed by atoms with Crippen molar-refractivity contribution < 1.29 is 4.79 Å². The largest absolute Gasteiger partial charge is 0.337 e. The zero-order valence-electron chi connectivity index (χ0n) is 10.4. The number of amides is 1. The van der Waals surface area contributed by atoms with Gasteiger partial charge >= 0.3 is 0 Å². The summed E-state index contributed by atoms with van der Waals surface area (Å²) in [7, 11) is 0. The van der Waals surface area contributed by atoms with E-state index in [1.54, 1.807) is 11.3 Å². The van der Waals surface area contributed by atoms with Crippen molar-refractivity contribution in [3.05, 3.63) is 16.1 Å². The van der Waals surface area contributed by atoms with Crippen LogP contribution in [0.25, 0.3) is 0 Å². The van der Waals surface area contributed by atoms with E-state index < -0.39 is 0 Å². The molecule has 1 aliphatic heterocycles. The van der Waals surface area contributed by atoms with E-state index in [2.05, 4.69) is 11.9 Å². The average Bonchev–Trinajstić information content (AvgIpc) is 2.99. The molecule has 1 aliphatic carbocycles. The number of rotatable bonds is 3. The minimum Gasteiger partial charge on any atom is -0.337 e. The van der Waals surface area contributed by atoms with Gasteiger partial charge in [-0.3, -0.25) is 4.79 Å². The van der Waals surface area contributed by atoms with Crippen molar-refractivity contribution in [3.8, 4) is 0 Å². The van der Waals surface area contributed by atoms with Gasteiger partial charge in [-0.2, -0.15) is 0 Å². The Hall–Kier alpha value is -0.900. The summed E-state index contributed by atoms with van der Waals surface area (Å²) in [5, 5.41) is 0. The lowest BCUT2D eigenvalue weighted by atomic mass is 9.84. The third kappa shape index (κ3) is 1.99. The van der Waals surface area contributed by atoms with Crippen LogP contribution >= 0.6 is 11.3 Å². The lowest BCUT2D eigenvalue weighted by molar-refractivity contribution is -0.128. The molecule has 1 aromatic rings. The predicted molar refractivity (Wildman–Crippen MR) is 67.7 cm³/mol. The van der Waals surface area contributed by atoms with Crippen LogP contribution in [0.1, 0.15) is 36.8 Å².